The van der Waals surface area contributed by atoms with Gasteiger partial charge >= 0.3 is 0 Å². The second kappa shape index (κ2) is 3.51. The van der Waals surface area contributed by atoms with Gasteiger partial charge in [0.05, 0.1) is 6.67 Å². The third-order valence-corrected chi connectivity index (χ3v) is 3.44. The summed E-state index contributed by atoms with van der Waals surface area (Å²) in [7, 11) is 0. The molecule has 0 saturated carbocycles. The van der Waals surface area contributed by atoms with Crippen LogP contribution in [0.3, 0.4) is 0 Å². The Balaban J connectivity index is 2.22. The zero-order chi connectivity index (χ0) is 10.2. The molecule has 0 aromatic carbocycles. The Kier molecular flexibility index (Phi) is 2.49. The van der Waals surface area contributed by atoms with Crippen molar-refractivity contribution in [3.8, 4) is 0 Å². The molecule has 14 heavy (non-hydrogen) atoms. The molecule has 2 aliphatic heterocycles. The van der Waals surface area contributed by atoms with Gasteiger partial charge in [0.2, 0.25) is 5.91 Å². The predicted octanol–water partition coefficient (Wildman–Crippen LogP) is -0.0937. The molecule has 0 bridgehead atoms. The highest BCUT2D eigenvalue weighted by Gasteiger charge is 2.49. The van der Waals surface area contributed by atoms with E-state index in [1.165, 1.54) is 0 Å². The number of rotatable bonds is 1. The number of nitrogens with one attached hydrogen (secondary N) is 2. The van der Waals surface area contributed by atoms with Gasteiger partial charge in [0.25, 0.3) is 0 Å². The van der Waals surface area contributed by atoms with Crippen LogP contribution in [0.15, 0.2) is 0 Å². The zero-order valence-corrected chi connectivity index (χ0v) is 8.97. The van der Waals surface area contributed by atoms with Crippen molar-refractivity contribution < 1.29 is 4.79 Å². The second-order valence-corrected chi connectivity index (χ2v) is 4.51. The van der Waals surface area contributed by atoms with Crippen molar-refractivity contribution in [3.05, 3.63) is 0 Å². The lowest BCUT2D eigenvalue weighted by Gasteiger charge is -2.40. The number of nitrogens with zero attached hydrogens (tertiary/aromatic N) is 1. The first-order valence-corrected chi connectivity index (χ1v) is 5.42. The minimum Gasteiger partial charge on any atom is -0.342 e. The van der Waals surface area contributed by atoms with E-state index < -0.39 is 0 Å². The molecule has 2 heterocycles. The summed E-state index contributed by atoms with van der Waals surface area (Å²) in [6.45, 7) is 6.94. The van der Waals surface area contributed by atoms with Crippen LogP contribution in [0.5, 0.6) is 0 Å². The van der Waals surface area contributed by atoms with Crippen molar-refractivity contribution in [1.29, 1.82) is 0 Å². The van der Waals surface area contributed by atoms with Gasteiger partial charge < -0.3 is 10.6 Å². The Morgan fingerprint density at radius 1 is 1.36 bits per heavy atom. The number of carbonyl (C=O) groups excluding carboxylic acids is 1. The van der Waals surface area contributed by atoms with Crippen molar-refractivity contribution in [3.63, 3.8) is 0 Å². The molecule has 2 rings (SSSR count). The van der Waals surface area contributed by atoms with Gasteiger partial charge in [-0.15, -0.1) is 0 Å². The molecule has 1 amide bonds. The van der Waals surface area contributed by atoms with E-state index in [9.17, 15) is 4.79 Å². The zero-order valence-electron chi connectivity index (χ0n) is 8.97. The smallest absolute Gasteiger partial charge is 0.241 e. The quantitative estimate of drug-likeness (QED) is 0.617. The molecule has 4 nitrogen and oxygen atoms in total. The summed E-state index contributed by atoms with van der Waals surface area (Å²) in [6.07, 6.45) is 1.88. The highest BCUT2D eigenvalue weighted by molar-refractivity contribution is 5.88. The summed E-state index contributed by atoms with van der Waals surface area (Å²) in [6, 6.07) is 0.437. The highest BCUT2D eigenvalue weighted by atomic mass is 16.2. The fourth-order valence-electron chi connectivity index (χ4n) is 2.63. The summed E-state index contributed by atoms with van der Waals surface area (Å²) < 4.78 is 0. The van der Waals surface area contributed by atoms with Gasteiger partial charge in [-0.2, -0.15) is 0 Å². The Hall–Kier alpha value is -0.610. The fourth-order valence-corrected chi connectivity index (χ4v) is 2.63. The fraction of sp³-hybridized carbons (Fsp3) is 0.900. The van der Waals surface area contributed by atoms with Gasteiger partial charge in [0.15, 0.2) is 0 Å². The lowest BCUT2D eigenvalue weighted by Crippen LogP contribution is -2.57. The number of amides is 1. The first kappa shape index (κ1) is 9.93. The molecule has 80 valence electrons. The van der Waals surface area contributed by atoms with Crippen LogP contribution >= 0.6 is 0 Å². The predicted molar refractivity (Wildman–Crippen MR) is 54.8 cm³/mol. The lowest BCUT2D eigenvalue weighted by molar-refractivity contribution is -0.128. The topological polar surface area (TPSA) is 44.4 Å². The molecular weight excluding hydrogens is 178 g/mol. The first-order chi connectivity index (χ1) is 6.67. The van der Waals surface area contributed by atoms with E-state index in [1.807, 2.05) is 0 Å². The molecule has 0 radical (unpaired) electrons. The van der Waals surface area contributed by atoms with Crippen molar-refractivity contribution >= 4 is 5.91 Å². The van der Waals surface area contributed by atoms with Crippen molar-refractivity contribution in [1.82, 2.24) is 15.5 Å². The normalized spacial score (nSPS) is 27.2. The lowest BCUT2D eigenvalue weighted by atomic mass is 9.86. The molecule has 4 heteroatoms. The number of hydrogen-bond acceptors (Lipinski definition) is 3. The van der Waals surface area contributed by atoms with Gasteiger partial charge in [-0.1, -0.05) is 0 Å². The molecule has 2 N–H and O–H groups in total. The summed E-state index contributed by atoms with van der Waals surface area (Å²) >= 11 is 0. The van der Waals surface area contributed by atoms with E-state index in [1.54, 1.807) is 0 Å². The van der Waals surface area contributed by atoms with E-state index in [2.05, 4.69) is 29.4 Å². The molecule has 0 unspecified atom stereocenters. The van der Waals surface area contributed by atoms with Crippen LogP contribution in [0.25, 0.3) is 0 Å². The molecule has 0 aromatic rings. The molecule has 1 spiro atoms. The maximum absolute atomic E-state index is 11.9. The summed E-state index contributed by atoms with van der Waals surface area (Å²) in [5, 5.41) is 6.28. The molecule has 0 aromatic heterocycles. The third kappa shape index (κ3) is 1.33. The van der Waals surface area contributed by atoms with E-state index in [0.29, 0.717) is 6.04 Å². The molecule has 2 aliphatic rings. The summed E-state index contributed by atoms with van der Waals surface area (Å²) in [4.78, 5) is 14.2. The Labute approximate surface area is 85.0 Å². The minimum absolute atomic E-state index is 0.209. The van der Waals surface area contributed by atoms with E-state index in [4.69, 9.17) is 0 Å². The first-order valence-electron chi connectivity index (χ1n) is 5.42. The van der Waals surface area contributed by atoms with Crippen LogP contribution in [0.1, 0.15) is 26.7 Å². The molecular formula is C10H19N3O. The standard InChI is InChI=1S/C10H19N3O/c1-8(2)13-7-12-9(14)10(13)3-5-11-6-4-10/h8,11H,3-7H2,1-2H3,(H,12,14). The Bertz CT molecular complexity index is 234. The second-order valence-electron chi connectivity index (χ2n) is 4.51. The van der Waals surface area contributed by atoms with E-state index >= 15 is 0 Å². The molecule has 2 saturated heterocycles. The molecule has 2 fully saturated rings. The monoisotopic (exact) mass is 197 g/mol. The SMILES string of the molecule is CC(C)N1CNC(=O)C12CCNCC2. The van der Waals surface area contributed by atoms with E-state index in [0.717, 1.165) is 32.6 Å². The maximum atomic E-state index is 11.9. The highest BCUT2D eigenvalue weighted by Crippen LogP contribution is 2.31. The number of hydrogen-bond donors (Lipinski definition) is 2. The van der Waals surface area contributed by atoms with Crippen molar-refractivity contribution in [2.45, 2.75) is 38.3 Å². The minimum atomic E-state index is -0.209. The van der Waals surface area contributed by atoms with Gasteiger partial charge in [-0.3, -0.25) is 9.69 Å². The Morgan fingerprint density at radius 3 is 2.57 bits per heavy atom. The van der Waals surface area contributed by atoms with Crippen molar-refractivity contribution in [2.24, 2.45) is 0 Å². The van der Waals surface area contributed by atoms with Crippen LogP contribution in [-0.2, 0) is 4.79 Å². The van der Waals surface area contributed by atoms with Gasteiger partial charge in [-0.25, -0.2) is 0 Å². The van der Waals surface area contributed by atoms with Crippen molar-refractivity contribution in [2.75, 3.05) is 19.8 Å². The molecule has 0 aliphatic carbocycles. The summed E-state index contributed by atoms with van der Waals surface area (Å²) in [5.74, 6) is 0.229. The van der Waals surface area contributed by atoms with Gasteiger partial charge in [-0.05, 0) is 39.8 Å². The maximum Gasteiger partial charge on any atom is 0.241 e. The number of piperidine rings is 1. The average molecular weight is 197 g/mol. The van der Waals surface area contributed by atoms with Crippen LogP contribution in [-0.4, -0.2) is 42.1 Å². The summed E-state index contributed by atoms with van der Waals surface area (Å²) in [5.41, 5.74) is -0.209. The number of carbonyl (C=O) groups is 1. The van der Waals surface area contributed by atoms with E-state index in [-0.39, 0.29) is 11.4 Å². The largest absolute Gasteiger partial charge is 0.342 e. The average Bonchev–Trinajstić information content (AvgIpc) is 2.46. The Morgan fingerprint density at radius 2 is 2.00 bits per heavy atom. The van der Waals surface area contributed by atoms with Crippen LogP contribution in [0.2, 0.25) is 0 Å². The van der Waals surface area contributed by atoms with Crippen LogP contribution < -0.4 is 10.6 Å². The van der Waals surface area contributed by atoms with Crippen LogP contribution in [0, 0.1) is 0 Å². The van der Waals surface area contributed by atoms with Gasteiger partial charge in [0, 0.05) is 6.04 Å². The molecule has 0 atom stereocenters. The van der Waals surface area contributed by atoms with Crippen LogP contribution in [0.4, 0.5) is 0 Å². The third-order valence-electron chi connectivity index (χ3n) is 3.44. The van der Waals surface area contributed by atoms with Gasteiger partial charge in [0.1, 0.15) is 5.54 Å².